The van der Waals surface area contributed by atoms with Crippen molar-refractivity contribution >= 4 is 5.97 Å². The summed E-state index contributed by atoms with van der Waals surface area (Å²) >= 11 is 0. The Kier molecular flexibility index (Phi) is 5.18. The Balaban J connectivity index is 2.44. The van der Waals surface area contributed by atoms with Crippen molar-refractivity contribution in [1.82, 2.24) is 5.32 Å². The van der Waals surface area contributed by atoms with Crippen LogP contribution in [-0.2, 0) is 19.0 Å². The summed E-state index contributed by atoms with van der Waals surface area (Å²) in [5.74, 6) is -0.229. The van der Waals surface area contributed by atoms with E-state index in [-0.39, 0.29) is 17.6 Å². The minimum atomic E-state index is -0.290. The van der Waals surface area contributed by atoms with Gasteiger partial charge in [-0.15, -0.1) is 0 Å². The van der Waals surface area contributed by atoms with Gasteiger partial charge in [0.1, 0.15) is 11.6 Å². The summed E-state index contributed by atoms with van der Waals surface area (Å²) in [5.41, 5.74) is -0.290. The van der Waals surface area contributed by atoms with Gasteiger partial charge in [0.2, 0.25) is 0 Å². The molecule has 0 aromatic carbocycles. The van der Waals surface area contributed by atoms with Gasteiger partial charge in [-0.25, -0.2) is 0 Å². The van der Waals surface area contributed by atoms with E-state index in [0.29, 0.717) is 26.2 Å². The molecule has 2 atom stereocenters. The van der Waals surface area contributed by atoms with E-state index in [9.17, 15) is 4.79 Å². The van der Waals surface area contributed by atoms with Gasteiger partial charge < -0.3 is 19.5 Å². The average molecular weight is 231 g/mol. The molecule has 0 aliphatic carbocycles. The Morgan fingerprint density at radius 2 is 2.31 bits per heavy atom. The summed E-state index contributed by atoms with van der Waals surface area (Å²) in [6.07, 6.45) is 1.56. The summed E-state index contributed by atoms with van der Waals surface area (Å²) in [7, 11) is 3.08. The molecule has 0 amide bonds. The molecule has 0 radical (unpaired) electrons. The molecule has 1 aliphatic heterocycles. The van der Waals surface area contributed by atoms with Gasteiger partial charge in [-0.3, -0.25) is 4.79 Å². The Morgan fingerprint density at radius 1 is 1.56 bits per heavy atom. The highest BCUT2D eigenvalue weighted by Crippen LogP contribution is 2.21. The molecule has 5 heteroatoms. The van der Waals surface area contributed by atoms with Crippen molar-refractivity contribution in [2.75, 3.05) is 34.0 Å². The molecule has 5 nitrogen and oxygen atoms in total. The number of rotatable bonds is 6. The van der Waals surface area contributed by atoms with Gasteiger partial charge in [0, 0.05) is 26.7 Å². The van der Waals surface area contributed by atoms with Gasteiger partial charge in [-0.05, 0) is 6.42 Å². The van der Waals surface area contributed by atoms with Crippen LogP contribution in [-0.4, -0.2) is 51.6 Å². The van der Waals surface area contributed by atoms with Gasteiger partial charge in [0.25, 0.3) is 0 Å². The van der Waals surface area contributed by atoms with Crippen LogP contribution in [0.1, 0.15) is 19.8 Å². The number of hydrogen-bond acceptors (Lipinski definition) is 5. The van der Waals surface area contributed by atoms with Crippen LogP contribution in [0.2, 0.25) is 0 Å². The van der Waals surface area contributed by atoms with Crippen molar-refractivity contribution in [3.05, 3.63) is 0 Å². The maximum absolute atomic E-state index is 11.4. The number of esters is 1. The third-order valence-corrected chi connectivity index (χ3v) is 3.06. The maximum Gasteiger partial charge on any atom is 0.322 e. The highest BCUT2D eigenvalue weighted by Gasteiger charge is 2.35. The Bertz CT molecular complexity index is 226. The fourth-order valence-electron chi connectivity index (χ4n) is 1.81. The van der Waals surface area contributed by atoms with Crippen molar-refractivity contribution < 1.29 is 19.0 Å². The normalized spacial score (nSPS) is 26.7. The molecule has 0 spiro atoms. The molecule has 1 rings (SSSR count). The molecule has 16 heavy (non-hydrogen) atoms. The van der Waals surface area contributed by atoms with Gasteiger partial charge in [0.05, 0.1) is 13.7 Å². The topological polar surface area (TPSA) is 56.8 Å². The molecule has 1 fully saturated rings. The molecule has 1 saturated heterocycles. The third kappa shape index (κ3) is 3.17. The molecule has 2 unspecified atom stereocenters. The van der Waals surface area contributed by atoms with E-state index in [4.69, 9.17) is 14.2 Å². The highest BCUT2D eigenvalue weighted by atomic mass is 16.6. The van der Waals surface area contributed by atoms with Crippen molar-refractivity contribution in [2.45, 2.75) is 31.4 Å². The van der Waals surface area contributed by atoms with E-state index in [2.05, 4.69) is 5.32 Å². The molecule has 1 aliphatic rings. The molecule has 1 N–H and O–H groups in total. The highest BCUT2D eigenvalue weighted by molar-refractivity contribution is 5.75. The van der Waals surface area contributed by atoms with Crippen molar-refractivity contribution in [1.29, 1.82) is 0 Å². The molecule has 0 aromatic rings. The maximum atomic E-state index is 11.4. The Hall–Kier alpha value is -0.650. The van der Waals surface area contributed by atoms with Gasteiger partial charge in [-0.1, -0.05) is 6.92 Å². The van der Waals surface area contributed by atoms with E-state index in [1.807, 2.05) is 6.92 Å². The lowest BCUT2D eigenvalue weighted by Crippen LogP contribution is -2.48. The summed E-state index contributed by atoms with van der Waals surface area (Å²) < 4.78 is 15.5. The smallest absolute Gasteiger partial charge is 0.322 e. The first-order chi connectivity index (χ1) is 7.67. The second-order valence-electron chi connectivity index (χ2n) is 4.05. The fraction of sp³-hybridized carbons (Fsp3) is 0.909. The lowest BCUT2D eigenvalue weighted by atomic mass is 10.0. The van der Waals surface area contributed by atoms with Gasteiger partial charge in [-0.2, -0.15) is 0 Å². The minimum Gasteiger partial charge on any atom is -0.468 e. The Morgan fingerprint density at radius 3 is 2.75 bits per heavy atom. The predicted molar refractivity (Wildman–Crippen MR) is 59.3 cm³/mol. The van der Waals surface area contributed by atoms with E-state index >= 15 is 0 Å². The van der Waals surface area contributed by atoms with Crippen molar-refractivity contribution in [3.63, 3.8) is 0 Å². The second-order valence-corrected chi connectivity index (χ2v) is 4.05. The summed E-state index contributed by atoms with van der Waals surface area (Å²) in [4.78, 5) is 11.4. The molecule has 94 valence electrons. The van der Waals surface area contributed by atoms with Gasteiger partial charge >= 0.3 is 5.97 Å². The number of carbonyl (C=O) groups excluding carboxylic acids is 1. The van der Waals surface area contributed by atoms with E-state index in [1.54, 1.807) is 7.11 Å². The fourth-order valence-corrected chi connectivity index (χ4v) is 1.81. The van der Waals surface area contributed by atoms with Crippen LogP contribution in [0.5, 0.6) is 0 Å². The van der Waals surface area contributed by atoms with E-state index < -0.39 is 0 Å². The predicted octanol–water partition coefficient (Wildman–Crippen LogP) is 0.333. The standard InChI is InChI=1S/C11H21NO4/c1-4-9(10(13)14-2)12-7-11(15-3)5-6-16-8-11/h9,12H,4-8H2,1-3H3. The summed E-state index contributed by atoms with van der Waals surface area (Å²) in [6.45, 7) is 3.84. The summed E-state index contributed by atoms with van der Waals surface area (Å²) in [6, 6.07) is -0.266. The van der Waals surface area contributed by atoms with Crippen LogP contribution in [0.15, 0.2) is 0 Å². The zero-order valence-electron chi connectivity index (χ0n) is 10.2. The SMILES string of the molecule is CCC(NCC1(OC)CCOC1)C(=O)OC. The first-order valence-electron chi connectivity index (χ1n) is 5.61. The number of hydrogen-bond donors (Lipinski definition) is 1. The zero-order chi connectivity index (χ0) is 12.0. The summed E-state index contributed by atoms with van der Waals surface area (Å²) in [5, 5.41) is 3.17. The molecule has 1 heterocycles. The van der Waals surface area contributed by atoms with Crippen LogP contribution in [0.3, 0.4) is 0 Å². The second kappa shape index (κ2) is 6.18. The van der Waals surface area contributed by atoms with Crippen LogP contribution < -0.4 is 5.32 Å². The average Bonchev–Trinajstić information content (AvgIpc) is 2.79. The molecule has 0 saturated carbocycles. The number of ether oxygens (including phenoxy) is 3. The van der Waals surface area contributed by atoms with E-state index in [0.717, 1.165) is 6.42 Å². The number of nitrogens with one attached hydrogen (secondary N) is 1. The first-order valence-corrected chi connectivity index (χ1v) is 5.61. The van der Waals surface area contributed by atoms with Crippen molar-refractivity contribution in [3.8, 4) is 0 Å². The zero-order valence-corrected chi connectivity index (χ0v) is 10.2. The quantitative estimate of drug-likeness (QED) is 0.668. The van der Waals surface area contributed by atoms with Crippen LogP contribution in [0.4, 0.5) is 0 Å². The largest absolute Gasteiger partial charge is 0.468 e. The van der Waals surface area contributed by atoms with Gasteiger partial charge in [0.15, 0.2) is 0 Å². The first kappa shape index (κ1) is 13.4. The Labute approximate surface area is 96.4 Å². The third-order valence-electron chi connectivity index (χ3n) is 3.06. The minimum absolute atomic E-state index is 0.229. The van der Waals surface area contributed by atoms with Crippen LogP contribution >= 0.6 is 0 Å². The lowest BCUT2D eigenvalue weighted by Gasteiger charge is -2.28. The number of carbonyl (C=O) groups is 1. The number of methoxy groups -OCH3 is 2. The van der Waals surface area contributed by atoms with Crippen LogP contribution in [0, 0.1) is 0 Å². The molecule has 0 aromatic heterocycles. The lowest BCUT2D eigenvalue weighted by molar-refractivity contribution is -0.143. The van der Waals surface area contributed by atoms with Crippen molar-refractivity contribution in [2.24, 2.45) is 0 Å². The van der Waals surface area contributed by atoms with E-state index in [1.165, 1.54) is 7.11 Å². The molecular formula is C11H21NO4. The molecule has 0 bridgehead atoms. The molecular weight excluding hydrogens is 210 g/mol. The van der Waals surface area contributed by atoms with Crippen LogP contribution in [0.25, 0.3) is 0 Å². The monoisotopic (exact) mass is 231 g/mol.